The normalized spacial score (nSPS) is 23.9. The van der Waals surface area contributed by atoms with Crippen molar-refractivity contribution < 1.29 is 13.9 Å². The van der Waals surface area contributed by atoms with Gasteiger partial charge >= 0.3 is 0 Å². The Morgan fingerprint density at radius 2 is 1.74 bits per heavy atom. The van der Waals surface area contributed by atoms with E-state index in [2.05, 4.69) is 11.0 Å². The molecule has 3 rings (SSSR count). The predicted octanol–water partition coefficient (Wildman–Crippen LogP) is 1.99. The molecule has 144 valence electrons. The maximum absolute atomic E-state index is 13.1. The minimum Gasteiger partial charge on any atom is -0.373 e. The molecule has 2 aliphatic rings. The number of carbonyl (C=O) groups excluding carboxylic acids is 1. The van der Waals surface area contributed by atoms with Crippen molar-refractivity contribution in [3.05, 3.63) is 41.9 Å². The molecule has 2 atom stereocenters. The van der Waals surface area contributed by atoms with Crippen LogP contribution in [0.3, 0.4) is 0 Å². The average molecular weight is 372 g/mol. The van der Waals surface area contributed by atoms with Gasteiger partial charge in [0.15, 0.2) is 0 Å². The van der Waals surface area contributed by atoms with Gasteiger partial charge in [0.1, 0.15) is 17.5 Å². The van der Waals surface area contributed by atoms with Crippen molar-refractivity contribution in [2.24, 2.45) is 0 Å². The third kappa shape index (κ3) is 4.77. The Morgan fingerprint density at radius 1 is 1.15 bits per heavy atom. The minimum atomic E-state index is -0.246. The summed E-state index contributed by atoms with van der Waals surface area (Å²) in [7, 11) is 0. The molecular weight excluding hydrogens is 347 g/mol. The highest BCUT2D eigenvalue weighted by molar-refractivity contribution is 5.97. The van der Waals surface area contributed by atoms with E-state index in [0.29, 0.717) is 26.2 Å². The van der Waals surface area contributed by atoms with E-state index in [1.807, 2.05) is 18.7 Å². The zero-order chi connectivity index (χ0) is 19.4. The van der Waals surface area contributed by atoms with Crippen LogP contribution in [0.1, 0.15) is 13.8 Å². The van der Waals surface area contributed by atoms with Gasteiger partial charge in [0, 0.05) is 51.2 Å². The first-order chi connectivity index (χ1) is 13.0. The summed E-state index contributed by atoms with van der Waals surface area (Å²) in [6.45, 7) is 7.76. The van der Waals surface area contributed by atoms with Crippen molar-refractivity contribution in [1.29, 1.82) is 5.26 Å². The highest BCUT2D eigenvalue weighted by atomic mass is 19.1. The summed E-state index contributed by atoms with van der Waals surface area (Å²) >= 11 is 0. The molecule has 0 saturated carbocycles. The van der Waals surface area contributed by atoms with E-state index < -0.39 is 0 Å². The molecule has 0 aromatic heterocycles. The van der Waals surface area contributed by atoms with Crippen LogP contribution < -0.4 is 4.90 Å². The third-order valence-corrected chi connectivity index (χ3v) is 4.88. The lowest BCUT2D eigenvalue weighted by molar-refractivity contribution is -0.138. The van der Waals surface area contributed by atoms with Gasteiger partial charge in [-0.1, -0.05) is 0 Å². The molecule has 0 spiro atoms. The number of halogens is 1. The third-order valence-electron chi connectivity index (χ3n) is 4.88. The van der Waals surface area contributed by atoms with Crippen molar-refractivity contribution in [1.82, 2.24) is 9.80 Å². The largest absolute Gasteiger partial charge is 0.373 e. The number of nitriles is 1. The van der Waals surface area contributed by atoms with Crippen molar-refractivity contribution in [3.63, 3.8) is 0 Å². The Labute approximate surface area is 159 Å². The first-order valence-corrected chi connectivity index (χ1v) is 9.27. The van der Waals surface area contributed by atoms with Gasteiger partial charge in [-0.2, -0.15) is 5.26 Å². The molecule has 1 aromatic rings. The average Bonchev–Trinajstić information content (AvgIpc) is 2.66. The van der Waals surface area contributed by atoms with Crippen LogP contribution in [-0.2, 0) is 9.53 Å². The summed E-state index contributed by atoms with van der Waals surface area (Å²) < 4.78 is 18.7. The lowest BCUT2D eigenvalue weighted by atomic mass is 10.2. The van der Waals surface area contributed by atoms with Crippen LogP contribution in [0.4, 0.5) is 10.1 Å². The first-order valence-electron chi connectivity index (χ1n) is 9.27. The quantitative estimate of drug-likeness (QED) is 0.600. The summed E-state index contributed by atoms with van der Waals surface area (Å²) in [4.78, 5) is 18.6. The summed E-state index contributed by atoms with van der Waals surface area (Å²) in [6.07, 6.45) is 1.61. The Kier molecular flexibility index (Phi) is 5.97. The summed E-state index contributed by atoms with van der Waals surface area (Å²) in [5, 5.41) is 9.48. The van der Waals surface area contributed by atoms with Crippen LogP contribution in [0.25, 0.3) is 0 Å². The zero-order valence-electron chi connectivity index (χ0n) is 15.8. The molecule has 7 heteroatoms. The maximum Gasteiger partial charge on any atom is 0.266 e. The second kappa shape index (κ2) is 8.40. The molecule has 1 amide bonds. The number of hydrogen-bond donors (Lipinski definition) is 0. The van der Waals surface area contributed by atoms with Gasteiger partial charge in [-0.25, -0.2) is 4.39 Å². The fourth-order valence-electron chi connectivity index (χ4n) is 3.59. The highest BCUT2D eigenvalue weighted by Gasteiger charge is 2.28. The second-order valence-corrected chi connectivity index (χ2v) is 7.12. The van der Waals surface area contributed by atoms with Gasteiger partial charge < -0.3 is 19.4 Å². The molecule has 1 aromatic carbocycles. The van der Waals surface area contributed by atoms with Gasteiger partial charge in [-0.15, -0.1) is 0 Å². The molecule has 0 aliphatic carbocycles. The van der Waals surface area contributed by atoms with Gasteiger partial charge in [0.05, 0.1) is 12.2 Å². The Hall–Kier alpha value is -2.59. The molecule has 6 nitrogen and oxygen atoms in total. The highest BCUT2D eigenvalue weighted by Crippen LogP contribution is 2.18. The predicted molar refractivity (Wildman–Crippen MR) is 100 cm³/mol. The number of ether oxygens (including phenoxy) is 1. The molecule has 0 bridgehead atoms. The van der Waals surface area contributed by atoms with Crippen LogP contribution in [0.15, 0.2) is 36.0 Å². The number of morpholine rings is 1. The van der Waals surface area contributed by atoms with Gasteiger partial charge in [0.2, 0.25) is 0 Å². The van der Waals surface area contributed by atoms with E-state index in [1.165, 1.54) is 12.1 Å². The first kappa shape index (κ1) is 19.2. The van der Waals surface area contributed by atoms with E-state index in [-0.39, 0.29) is 29.5 Å². The number of piperazine rings is 1. The monoisotopic (exact) mass is 372 g/mol. The zero-order valence-corrected chi connectivity index (χ0v) is 15.8. The van der Waals surface area contributed by atoms with Gasteiger partial charge in [0.25, 0.3) is 5.91 Å². The Balaban J connectivity index is 1.61. The fourth-order valence-corrected chi connectivity index (χ4v) is 3.59. The van der Waals surface area contributed by atoms with Crippen molar-refractivity contribution in [2.75, 3.05) is 44.2 Å². The van der Waals surface area contributed by atoms with Crippen molar-refractivity contribution in [3.8, 4) is 6.07 Å². The number of amides is 1. The number of carbonyl (C=O) groups is 1. The molecule has 2 unspecified atom stereocenters. The molecule has 0 N–H and O–H groups in total. The van der Waals surface area contributed by atoms with E-state index in [1.54, 1.807) is 23.2 Å². The summed E-state index contributed by atoms with van der Waals surface area (Å²) in [6, 6.07) is 8.51. The van der Waals surface area contributed by atoms with E-state index in [4.69, 9.17) is 4.74 Å². The van der Waals surface area contributed by atoms with Crippen LogP contribution in [-0.4, -0.2) is 67.2 Å². The summed E-state index contributed by atoms with van der Waals surface area (Å²) in [5.41, 5.74) is 1.14. The van der Waals surface area contributed by atoms with Gasteiger partial charge in [-0.05, 0) is 38.1 Å². The molecule has 27 heavy (non-hydrogen) atoms. The smallest absolute Gasteiger partial charge is 0.266 e. The van der Waals surface area contributed by atoms with E-state index in [0.717, 1.165) is 18.8 Å². The van der Waals surface area contributed by atoms with E-state index >= 15 is 0 Å². The number of hydrogen-bond acceptors (Lipinski definition) is 5. The Bertz CT molecular complexity index is 725. The molecule has 0 radical (unpaired) electrons. The maximum atomic E-state index is 13.1. The molecule has 2 fully saturated rings. The number of rotatable bonds is 3. The lowest BCUT2D eigenvalue weighted by Gasteiger charge is -2.37. The van der Waals surface area contributed by atoms with E-state index in [9.17, 15) is 14.4 Å². The fraction of sp³-hybridized carbons (Fsp3) is 0.500. The van der Waals surface area contributed by atoms with Crippen molar-refractivity contribution >= 4 is 11.6 Å². The standard InChI is InChI=1S/C20H25FN4O2/c1-15-12-25(13-16(2)27-15)20(26)17(11-22)14-23-7-9-24(10-8-23)19-5-3-18(21)4-6-19/h3-6,14-16H,7-10,12-13H2,1-2H3/b17-14-. The molecule has 2 saturated heterocycles. The number of benzene rings is 1. The van der Waals surface area contributed by atoms with Crippen LogP contribution in [0.5, 0.6) is 0 Å². The number of nitrogens with zero attached hydrogens (tertiary/aromatic N) is 4. The molecule has 2 aliphatic heterocycles. The lowest BCUT2D eigenvalue weighted by Crippen LogP contribution is -2.49. The molecular formula is C20H25FN4O2. The van der Waals surface area contributed by atoms with Gasteiger partial charge in [-0.3, -0.25) is 4.79 Å². The molecule has 2 heterocycles. The minimum absolute atomic E-state index is 0.0307. The van der Waals surface area contributed by atoms with Crippen LogP contribution >= 0.6 is 0 Å². The Morgan fingerprint density at radius 3 is 2.30 bits per heavy atom. The van der Waals surface area contributed by atoms with Crippen LogP contribution in [0, 0.1) is 17.1 Å². The second-order valence-electron chi connectivity index (χ2n) is 7.12. The SMILES string of the molecule is CC1CN(C(=O)/C(C#N)=C\N2CCN(c3ccc(F)cc3)CC2)CC(C)O1. The van der Waals surface area contributed by atoms with Crippen LogP contribution in [0.2, 0.25) is 0 Å². The van der Waals surface area contributed by atoms with Crippen molar-refractivity contribution in [2.45, 2.75) is 26.1 Å². The summed E-state index contributed by atoms with van der Waals surface area (Å²) in [5.74, 6) is -0.482. The number of anilines is 1. The topological polar surface area (TPSA) is 59.8 Å².